The number of benzene rings is 1. The number of aliphatic imine (C=N–C) groups is 1. The number of likely N-dealkylation sites (tertiary alicyclic amines) is 2. The maximum Gasteiger partial charge on any atom is 0.255 e. The Bertz CT molecular complexity index is 1200. The first-order valence-electron chi connectivity index (χ1n) is 13.2. The highest BCUT2D eigenvalue weighted by molar-refractivity contribution is 6.34. The van der Waals surface area contributed by atoms with E-state index in [2.05, 4.69) is 36.2 Å². The summed E-state index contributed by atoms with van der Waals surface area (Å²) in [6, 6.07) is 6.63. The van der Waals surface area contributed by atoms with E-state index in [1.54, 1.807) is 6.07 Å². The Morgan fingerprint density at radius 1 is 1.30 bits per heavy atom. The zero-order chi connectivity index (χ0) is 26.5. The highest BCUT2D eigenvalue weighted by Gasteiger charge is 2.32. The van der Waals surface area contributed by atoms with Crippen molar-refractivity contribution in [2.45, 2.75) is 58.4 Å². The van der Waals surface area contributed by atoms with Crippen LogP contribution >= 0.6 is 11.6 Å². The van der Waals surface area contributed by atoms with Crippen molar-refractivity contribution in [1.82, 2.24) is 14.7 Å². The molecule has 4 rings (SSSR count). The van der Waals surface area contributed by atoms with Crippen molar-refractivity contribution in [1.29, 1.82) is 5.26 Å². The third-order valence-electron chi connectivity index (χ3n) is 7.29. The van der Waals surface area contributed by atoms with Gasteiger partial charge in [0.1, 0.15) is 17.5 Å². The molecule has 3 heterocycles. The van der Waals surface area contributed by atoms with Gasteiger partial charge in [-0.1, -0.05) is 37.1 Å². The fraction of sp³-hybridized carbons (Fsp3) is 0.483. The van der Waals surface area contributed by atoms with Crippen LogP contribution in [-0.4, -0.2) is 59.2 Å². The van der Waals surface area contributed by atoms with E-state index in [-0.39, 0.29) is 28.5 Å². The quantitative estimate of drug-likeness (QED) is 0.465. The number of halogens is 2. The monoisotopic (exact) mass is 523 g/mol. The molecule has 0 aromatic heterocycles. The van der Waals surface area contributed by atoms with Crippen LogP contribution in [0.1, 0.15) is 62.7 Å². The zero-order valence-electron chi connectivity index (χ0n) is 21.9. The van der Waals surface area contributed by atoms with Crippen molar-refractivity contribution < 1.29 is 9.18 Å². The number of hydrogen-bond acceptors (Lipinski definition) is 5. The minimum atomic E-state index is -0.585. The number of carbonyl (C=O) groups is 1. The summed E-state index contributed by atoms with van der Waals surface area (Å²) in [4.78, 5) is 24.7. The van der Waals surface area contributed by atoms with Crippen molar-refractivity contribution in [3.8, 4) is 6.07 Å². The van der Waals surface area contributed by atoms with Gasteiger partial charge in [0, 0.05) is 38.5 Å². The summed E-state index contributed by atoms with van der Waals surface area (Å²) < 4.78 is 14.2. The average molecular weight is 524 g/mol. The standard InChI is InChI=1S/C29H35ClFN5O/c1-4-5-9-22(16-26-33-28(20(2)18-34(26)3)35-15-13-21(17-32)19-35)25-12-6-7-14-36(25)29(37)23-10-8-11-24(31)27(23)30/h8-11,16,18,21,25H,4-7,12-15,19H2,1-3H3/b22-9-,26-16-/t21?,25-/m0/s1. The van der Waals surface area contributed by atoms with Crippen molar-refractivity contribution >= 4 is 23.3 Å². The molecule has 0 radical (unpaired) electrons. The van der Waals surface area contributed by atoms with Crippen LogP contribution in [0.3, 0.4) is 0 Å². The molecule has 2 fully saturated rings. The van der Waals surface area contributed by atoms with Crippen molar-refractivity contribution in [3.63, 3.8) is 0 Å². The summed E-state index contributed by atoms with van der Waals surface area (Å²) in [5, 5.41) is 9.23. The van der Waals surface area contributed by atoms with Crippen LogP contribution in [-0.2, 0) is 0 Å². The lowest BCUT2D eigenvalue weighted by Crippen LogP contribution is -2.44. The second-order valence-corrected chi connectivity index (χ2v) is 10.4. The van der Waals surface area contributed by atoms with E-state index in [9.17, 15) is 14.4 Å². The van der Waals surface area contributed by atoms with Gasteiger partial charge in [0.05, 0.1) is 28.6 Å². The van der Waals surface area contributed by atoms with Gasteiger partial charge in [0.25, 0.3) is 5.91 Å². The first-order chi connectivity index (χ1) is 17.8. The van der Waals surface area contributed by atoms with Crippen molar-refractivity contribution in [2.24, 2.45) is 10.9 Å². The second kappa shape index (κ2) is 12.0. The van der Waals surface area contributed by atoms with Gasteiger partial charge in [0.2, 0.25) is 0 Å². The number of nitriles is 1. The minimum absolute atomic E-state index is 0.0269. The molecule has 0 N–H and O–H groups in total. The van der Waals surface area contributed by atoms with E-state index in [0.29, 0.717) is 13.1 Å². The number of amides is 1. The molecule has 1 amide bonds. The molecule has 37 heavy (non-hydrogen) atoms. The Morgan fingerprint density at radius 3 is 2.84 bits per heavy atom. The van der Waals surface area contributed by atoms with Crippen LogP contribution in [0.5, 0.6) is 0 Å². The molecule has 2 atom stereocenters. The predicted octanol–water partition coefficient (Wildman–Crippen LogP) is 6.13. The van der Waals surface area contributed by atoms with E-state index >= 15 is 0 Å². The molecule has 1 aromatic carbocycles. The second-order valence-electron chi connectivity index (χ2n) is 10.0. The Morgan fingerprint density at radius 2 is 2.11 bits per heavy atom. The molecule has 0 saturated carbocycles. The fourth-order valence-electron chi connectivity index (χ4n) is 5.30. The van der Waals surface area contributed by atoms with Crippen LogP contribution in [0.25, 0.3) is 0 Å². The lowest BCUT2D eigenvalue weighted by molar-refractivity contribution is 0.0655. The van der Waals surface area contributed by atoms with E-state index < -0.39 is 5.82 Å². The van der Waals surface area contributed by atoms with E-state index in [1.165, 1.54) is 12.1 Å². The van der Waals surface area contributed by atoms with E-state index in [1.807, 2.05) is 23.8 Å². The van der Waals surface area contributed by atoms with Crippen LogP contribution < -0.4 is 0 Å². The lowest BCUT2D eigenvalue weighted by Gasteiger charge is -2.37. The lowest BCUT2D eigenvalue weighted by atomic mass is 9.92. The molecule has 6 nitrogen and oxygen atoms in total. The van der Waals surface area contributed by atoms with Gasteiger partial charge in [-0.2, -0.15) is 5.26 Å². The number of piperidine rings is 1. The van der Waals surface area contributed by atoms with Gasteiger partial charge >= 0.3 is 0 Å². The zero-order valence-corrected chi connectivity index (χ0v) is 22.6. The first kappa shape index (κ1) is 26.9. The van der Waals surface area contributed by atoms with E-state index in [0.717, 1.165) is 67.9 Å². The molecular weight excluding hydrogens is 489 g/mol. The predicted molar refractivity (Wildman–Crippen MR) is 145 cm³/mol. The molecule has 1 aromatic rings. The number of amidine groups is 1. The van der Waals surface area contributed by atoms with Gasteiger partial charge in [-0.05, 0) is 62.8 Å². The third-order valence-corrected chi connectivity index (χ3v) is 7.67. The van der Waals surface area contributed by atoms with Crippen LogP contribution in [0.15, 0.2) is 58.5 Å². The molecule has 0 bridgehead atoms. The third kappa shape index (κ3) is 5.91. The number of unbranched alkanes of at least 4 members (excludes halogenated alkanes) is 1. The topological polar surface area (TPSA) is 62.9 Å². The summed E-state index contributed by atoms with van der Waals surface area (Å²) in [7, 11) is 1.98. The smallest absolute Gasteiger partial charge is 0.255 e. The molecule has 3 aliphatic rings. The SMILES string of the molecule is CCC/C=C(/C=C1/N=C(N2CCC(C#N)C2)C(C)=CN1C)[C@@H]1CCCCN1C(=O)c1cccc(F)c1Cl. The Labute approximate surface area is 224 Å². The molecule has 0 spiro atoms. The number of nitrogens with zero attached hydrogens (tertiary/aromatic N) is 5. The highest BCUT2D eigenvalue weighted by Crippen LogP contribution is 2.31. The number of allylic oxidation sites excluding steroid dienone is 1. The van der Waals surface area contributed by atoms with Gasteiger partial charge < -0.3 is 14.7 Å². The minimum Gasteiger partial charge on any atom is -0.355 e. The molecule has 8 heteroatoms. The maximum absolute atomic E-state index is 14.2. The number of rotatable bonds is 5. The Balaban J connectivity index is 1.68. The van der Waals surface area contributed by atoms with Gasteiger partial charge in [-0.15, -0.1) is 0 Å². The molecule has 3 aliphatic heterocycles. The molecular formula is C29H35ClFN5O. The molecule has 2 saturated heterocycles. The normalized spacial score (nSPS) is 23.7. The molecule has 196 valence electrons. The molecule has 1 unspecified atom stereocenters. The summed E-state index contributed by atoms with van der Waals surface area (Å²) in [5.41, 5.74) is 2.30. The van der Waals surface area contributed by atoms with Gasteiger partial charge in [-0.25, -0.2) is 9.38 Å². The Kier molecular flexibility index (Phi) is 8.71. The largest absolute Gasteiger partial charge is 0.355 e. The summed E-state index contributed by atoms with van der Waals surface area (Å²) in [6.07, 6.45) is 11.8. The maximum atomic E-state index is 14.2. The van der Waals surface area contributed by atoms with E-state index in [4.69, 9.17) is 16.6 Å². The van der Waals surface area contributed by atoms with Crippen LogP contribution in [0.2, 0.25) is 5.02 Å². The number of hydrogen-bond donors (Lipinski definition) is 0. The average Bonchev–Trinajstić information content (AvgIpc) is 3.38. The van der Waals surface area contributed by atoms with Crippen molar-refractivity contribution in [2.75, 3.05) is 26.7 Å². The van der Waals surface area contributed by atoms with Crippen molar-refractivity contribution in [3.05, 3.63) is 69.9 Å². The first-order valence-corrected chi connectivity index (χ1v) is 13.5. The van der Waals surface area contributed by atoms with Gasteiger partial charge in [0.15, 0.2) is 0 Å². The number of carbonyl (C=O) groups excluding carboxylic acids is 1. The Hall–Kier alpha value is -3.11. The highest BCUT2D eigenvalue weighted by atomic mass is 35.5. The summed E-state index contributed by atoms with van der Waals surface area (Å²) >= 11 is 6.20. The molecule has 0 aliphatic carbocycles. The van der Waals surface area contributed by atoms with Crippen LogP contribution in [0.4, 0.5) is 4.39 Å². The van der Waals surface area contributed by atoms with Gasteiger partial charge in [-0.3, -0.25) is 4.79 Å². The van der Waals surface area contributed by atoms with Crippen LogP contribution in [0, 0.1) is 23.1 Å². The fourth-order valence-corrected chi connectivity index (χ4v) is 5.51. The summed E-state index contributed by atoms with van der Waals surface area (Å²) in [5.74, 6) is 0.897. The summed E-state index contributed by atoms with van der Waals surface area (Å²) in [6.45, 7) is 6.28.